The predicted octanol–water partition coefficient (Wildman–Crippen LogP) is -2.07. The number of carbonyl (C=O) groups excluding carboxylic acids is 3. The van der Waals surface area contributed by atoms with Gasteiger partial charge in [0, 0.05) is 0 Å². The first kappa shape index (κ1) is 22.8. The highest BCUT2D eigenvalue weighted by atomic mass is 16.4. The quantitative estimate of drug-likeness (QED) is 0.260. The molecule has 10 heteroatoms. The van der Waals surface area contributed by atoms with Crippen molar-refractivity contribution in [3.05, 3.63) is 0 Å². The van der Waals surface area contributed by atoms with E-state index in [1.807, 2.05) is 6.92 Å². The zero-order chi connectivity index (χ0) is 19.7. The highest BCUT2D eigenvalue weighted by Crippen LogP contribution is 2.08. The maximum absolute atomic E-state index is 12.3. The van der Waals surface area contributed by atoms with Crippen molar-refractivity contribution in [1.82, 2.24) is 16.0 Å². The van der Waals surface area contributed by atoms with Gasteiger partial charge in [-0.05, 0) is 19.8 Å². The number of carbonyl (C=O) groups is 4. The Morgan fingerprint density at radius 1 is 1.04 bits per heavy atom. The summed E-state index contributed by atoms with van der Waals surface area (Å²) in [4.78, 5) is 46.5. The highest BCUT2D eigenvalue weighted by molar-refractivity contribution is 5.92. The lowest BCUT2D eigenvalue weighted by Crippen LogP contribution is -2.57. The van der Waals surface area contributed by atoms with Crippen LogP contribution in [0, 0.1) is 5.92 Å². The zero-order valence-electron chi connectivity index (χ0n) is 14.9. The first-order valence-electron chi connectivity index (χ1n) is 8.05. The molecule has 144 valence electrons. The van der Waals surface area contributed by atoms with Crippen molar-refractivity contribution in [2.45, 2.75) is 58.3 Å². The summed E-state index contributed by atoms with van der Waals surface area (Å²) < 4.78 is 0. The summed E-state index contributed by atoms with van der Waals surface area (Å²) in [7, 11) is 0. The number of carboxylic acid groups (broad SMARTS) is 1. The van der Waals surface area contributed by atoms with E-state index in [0.717, 1.165) is 0 Å². The molecule has 7 N–H and O–H groups in total. The van der Waals surface area contributed by atoms with E-state index >= 15 is 0 Å². The van der Waals surface area contributed by atoms with Gasteiger partial charge in [-0.25, -0.2) is 0 Å². The Labute approximate surface area is 146 Å². The third-order valence-corrected chi connectivity index (χ3v) is 3.79. The molecule has 0 aliphatic carbocycles. The number of nitrogens with one attached hydrogen (secondary N) is 3. The standard InChI is InChI=1S/C15H28N4O6/c1-5-7(2)12(19-13(22)11(16)9(4)20)14(23)17-6-10(21)18-8(3)15(24)25/h7-9,11-12,20H,5-6,16H2,1-4H3,(H,17,23)(H,18,21)(H,19,22)(H,24,25). The van der Waals surface area contributed by atoms with Crippen molar-refractivity contribution in [3.63, 3.8) is 0 Å². The molecule has 0 bridgehead atoms. The normalized spacial score (nSPS) is 16.7. The van der Waals surface area contributed by atoms with Crippen molar-refractivity contribution in [2.24, 2.45) is 11.7 Å². The average molecular weight is 360 g/mol. The van der Waals surface area contributed by atoms with Crippen LogP contribution in [0.15, 0.2) is 0 Å². The second-order valence-corrected chi connectivity index (χ2v) is 5.98. The van der Waals surface area contributed by atoms with E-state index in [1.165, 1.54) is 13.8 Å². The number of carboxylic acids is 1. The molecule has 3 amide bonds. The molecule has 0 fully saturated rings. The van der Waals surface area contributed by atoms with Crippen LogP contribution in [-0.2, 0) is 19.2 Å². The molecule has 10 nitrogen and oxygen atoms in total. The maximum Gasteiger partial charge on any atom is 0.325 e. The fourth-order valence-corrected chi connectivity index (χ4v) is 1.80. The predicted molar refractivity (Wildman–Crippen MR) is 89.3 cm³/mol. The Morgan fingerprint density at radius 2 is 1.60 bits per heavy atom. The molecule has 0 spiro atoms. The van der Waals surface area contributed by atoms with Crippen molar-refractivity contribution in [3.8, 4) is 0 Å². The van der Waals surface area contributed by atoms with E-state index in [9.17, 15) is 24.3 Å². The topological polar surface area (TPSA) is 171 Å². The van der Waals surface area contributed by atoms with Gasteiger partial charge < -0.3 is 31.9 Å². The Kier molecular flexibility index (Phi) is 9.69. The minimum Gasteiger partial charge on any atom is -0.480 e. The molecule has 0 aromatic rings. The molecule has 0 saturated carbocycles. The van der Waals surface area contributed by atoms with Crippen LogP contribution in [0.25, 0.3) is 0 Å². The largest absolute Gasteiger partial charge is 0.480 e. The van der Waals surface area contributed by atoms with E-state index in [4.69, 9.17) is 10.8 Å². The second kappa shape index (κ2) is 10.6. The first-order chi connectivity index (χ1) is 11.5. The minimum absolute atomic E-state index is 0.244. The van der Waals surface area contributed by atoms with Gasteiger partial charge in [0.05, 0.1) is 12.6 Å². The molecule has 0 aliphatic heterocycles. The van der Waals surface area contributed by atoms with Crippen LogP contribution < -0.4 is 21.7 Å². The number of hydrogen-bond donors (Lipinski definition) is 6. The molecular formula is C15H28N4O6. The highest BCUT2D eigenvalue weighted by Gasteiger charge is 2.29. The lowest BCUT2D eigenvalue weighted by atomic mass is 9.97. The average Bonchev–Trinajstić information content (AvgIpc) is 2.55. The smallest absolute Gasteiger partial charge is 0.325 e. The number of rotatable bonds is 10. The van der Waals surface area contributed by atoms with Crippen LogP contribution in [0.4, 0.5) is 0 Å². The number of aliphatic hydroxyl groups is 1. The van der Waals surface area contributed by atoms with Gasteiger partial charge in [0.2, 0.25) is 17.7 Å². The summed E-state index contributed by atoms with van der Waals surface area (Å²) in [6.07, 6.45) is -0.506. The van der Waals surface area contributed by atoms with Gasteiger partial charge in [-0.1, -0.05) is 20.3 Å². The van der Waals surface area contributed by atoms with Gasteiger partial charge >= 0.3 is 5.97 Å². The molecule has 0 saturated heterocycles. The SMILES string of the molecule is CCC(C)C(NC(=O)C(N)C(C)O)C(=O)NCC(=O)NC(C)C(=O)O. The van der Waals surface area contributed by atoms with Crippen LogP contribution in [0.1, 0.15) is 34.1 Å². The van der Waals surface area contributed by atoms with E-state index in [2.05, 4.69) is 16.0 Å². The van der Waals surface area contributed by atoms with Gasteiger partial charge in [-0.2, -0.15) is 0 Å². The monoisotopic (exact) mass is 360 g/mol. The minimum atomic E-state index is -1.20. The maximum atomic E-state index is 12.3. The van der Waals surface area contributed by atoms with Crippen LogP contribution >= 0.6 is 0 Å². The number of aliphatic hydroxyl groups excluding tert-OH is 1. The lowest BCUT2D eigenvalue weighted by molar-refractivity contribution is -0.141. The summed E-state index contributed by atoms with van der Waals surface area (Å²) in [5, 5.41) is 25.1. The van der Waals surface area contributed by atoms with Crippen molar-refractivity contribution >= 4 is 23.7 Å². The zero-order valence-corrected chi connectivity index (χ0v) is 14.9. The van der Waals surface area contributed by atoms with Crippen LogP contribution in [0.5, 0.6) is 0 Å². The summed E-state index contributed by atoms with van der Waals surface area (Å²) in [5.74, 6) is -3.39. The van der Waals surface area contributed by atoms with E-state index in [-0.39, 0.29) is 5.92 Å². The van der Waals surface area contributed by atoms with Crippen molar-refractivity contribution < 1.29 is 29.4 Å². The Bertz CT molecular complexity index is 496. The molecule has 25 heavy (non-hydrogen) atoms. The lowest BCUT2D eigenvalue weighted by Gasteiger charge is -2.25. The molecule has 0 rings (SSSR count). The fourth-order valence-electron chi connectivity index (χ4n) is 1.80. The molecule has 0 heterocycles. The molecular weight excluding hydrogens is 332 g/mol. The van der Waals surface area contributed by atoms with Crippen molar-refractivity contribution in [2.75, 3.05) is 6.54 Å². The van der Waals surface area contributed by atoms with Gasteiger partial charge in [-0.15, -0.1) is 0 Å². The fraction of sp³-hybridized carbons (Fsp3) is 0.733. The Hall–Kier alpha value is -2.20. The molecule has 5 unspecified atom stereocenters. The molecule has 0 aromatic heterocycles. The third kappa shape index (κ3) is 7.94. The number of amides is 3. The number of nitrogens with two attached hydrogens (primary N) is 1. The van der Waals surface area contributed by atoms with E-state index in [0.29, 0.717) is 6.42 Å². The summed E-state index contributed by atoms with van der Waals surface area (Å²) in [5.41, 5.74) is 5.54. The summed E-state index contributed by atoms with van der Waals surface area (Å²) in [6.45, 7) is 5.79. The van der Waals surface area contributed by atoms with Crippen LogP contribution in [0.3, 0.4) is 0 Å². The van der Waals surface area contributed by atoms with Gasteiger partial charge in [0.25, 0.3) is 0 Å². The Balaban J connectivity index is 4.78. The van der Waals surface area contributed by atoms with E-state index in [1.54, 1.807) is 6.92 Å². The third-order valence-electron chi connectivity index (χ3n) is 3.79. The van der Waals surface area contributed by atoms with Gasteiger partial charge in [-0.3, -0.25) is 19.2 Å². The number of hydrogen-bond acceptors (Lipinski definition) is 6. The van der Waals surface area contributed by atoms with Crippen molar-refractivity contribution in [1.29, 1.82) is 0 Å². The van der Waals surface area contributed by atoms with Gasteiger partial charge in [0.15, 0.2) is 0 Å². The Morgan fingerprint density at radius 3 is 2.04 bits per heavy atom. The van der Waals surface area contributed by atoms with Crippen LogP contribution in [-0.4, -0.2) is 64.7 Å². The van der Waals surface area contributed by atoms with Gasteiger partial charge in [0.1, 0.15) is 18.1 Å². The summed E-state index contributed by atoms with van der Waals surface area (Å²) >= 11 is 0. The number of aliphatic carboxylic acids is 1. The van der Waals surface area contributed by atoms with Crippen LogP contribution in [0.2, 0.25) is 0 Å². The molecule has 0 aliphatic rings. The summed E-state index contributed by atoms with van der Waals surface area (Å²) in [6, 6.07) is -3.20. The molecule has 5 atom stereocenters. The second-order valence-electron chi connectivity index (χ2n) is 5.98. The van der Waals surface area contributed by atoms with E-state index < -0.39 is 54.5 Å². The molecule has 0 aromatic carbocycles. The molecule has 0 radical (unpaired) electrons. The first-order valence-corrected chi connectivity index (χ1v) is 8.05.